The van der Waals surface area contributed by atoms with Crippen molar-refractivity contribution in [1.82, 2.24) is 0 Å². The topological polar surface area (TPSA) is 93.2 Å². The summed E-state index contributed by atoms with van der Waals surface area (Å²) in [4.78, 5) is 22.2. The Labute approximate surface area is 184 Å². The monoisotopic (exact) mass is 458 g/mol. The molecule has 10 heteroatoms. The Balaban J connectivity index is 1.63. The first-order chi connectivity index (χ1) is 15.2. The fourth-order valence-corrected chi connectivity index (χ4v) is 3.49. The average Bonchev–Trinajstić information content (AvgIpc) is 2.77. The molecular formula is C22H13F3N2O4S. The minimum absolute atomic E-state index is 0.0730. The lowest BCUT2D eigenvalue weighted by Gasteiger charge is -2.09. The molecule has 0 aliphatic rings. The molecule has 3 aromatic carbocycles. The number of thioether (sulfide) groups is 1. The second kappa shape index (κ2) is 9.53. The molecule has 0 atom stereocenters. The van der Waals surface area contributed by atoms with E-state index in [0.717, 1.165) is 23.3 Å². The molecule has 32 heavy (non-hydrogen) atoms. The van der Waals surface area contributed by atoms with Crippen LogP contribution in [-0.4, -0.2) is 16.6 Å². The number of esters is 1. The van der Waals surface area contributed by atoms with E-state index in [1.165, 1.54) is 0 Å². The molecule has 0 aliphatic carbocycles. The Bertz CT molecular complexity index is 1190. The fraction of sp³-hybridized carbons (Fsp3) is 0.0909. The zero-order valence-corrected chi connectivity index (χ0v) is 16.9. The van der Waals surface area contributed by atoms with Crippen molar-refractivity contribution in [2.24, 2.45) is 0 Å². The second-order valence-corrected chi connectivity index (χ2v) is 7.43. The van der Waals surface area contributed by atoms with Crippen molar-refractivity contribution in [3.63, 3.8) is 0 Å². The van der Waals surface area contributed by atoms with Crippen LogP contribution in [-0.2, 0) is 11.0 Å². The molecule has 0 heterocycles. The van der Waals surface area contributed by atoms with E-state index in [4.69, 9.17) is 10.00 Å². The highest BCUT2D eigenvalue weighted by molar-refractivity contribution is 8.00. The van der Waals surface area contributed by atoms with Gasteiger partial charge in [0.1, 0.15) is 5.75 Å². The first-order valence-corrected chi connectivity index (χ1v) is 9.95. The molecule has 0 bridgehead atoms. The van der Waals surface area contributed by atoms with Crippen LogP contribution >= 0.6 is 11.8 Å². The van der Waals surface area contributed by atoms with Gasteiger partial charge in [-0.2, -0.15) is 18.4 Å². The van der Waals surface area contributed by atoms with E-state index in [2.05, 4.69) is 0 Å². The molecule has 0 N–H and O–H groups in total. The summed E-state index contributed by atoms with van der Waals surface area (Å²) in [6.07, 6.45) is -4.71. The summed E-state index contributed by atoms with van der Waals surface area (Å²) < 4.78 is 43.5. The molecule has 0 saturated heterocycles. The number of carbonyl (C=O) groups excluding carboxylic acids is 1. The lowest BCUT2D eigenvalue weighted by molar-refractivity contribution is -0.388. The number of benzene rings is 3. The molecule has 0 amide bonds. The van der Waals surface area contributed by atoms with Crippen molar-refractivity contribution in [1.29, 1.82) is 5.26 Å². The van der Waals surface area contributed by atoms with Crippen molar-refractivity contribution in [2.75, 3.05) is 5.75 Å². The van der Waals surface area contributed by atoms with Gasteiger partial charge in [-0.15, -0.1) is 11.8 Å². The predicted molar refractivity (Wildman–Crippen MR) is 111 cm³/mol. The highest BCUT2D eigenvalue weighted by Crippen LogP contribution is 2.36. The zero-order valence-electron chi connectivity index (χ0n) is 16.1. The van der Waals surface area contributed by atoms with E-state index in [-0.39, 0.29) is 16.4 Å². The first kappa shape index (κ1) is 22.8. The van der Waals surface area contributed by atoms with Gasteiger partial charge in [0, 0.05) is 6.07 Å². The van der Waals surface area contributed by atoms with E-state index in [1.807, 2.05) is 6.07 Å². The summed E-state index contributed by atoms with van der Waals surface area (Å²) in [5.41, 5.74) is 0.365. The second-order valence-electron chi connectivity index (χ2n) is 6.41. The van der Waals surface area contributed by atoms with Crippen LogP contribution in [0.15, 0.2) is 71.6 Å². The van der Waals surface area contributed by atoms with Gasteiger partial charge in [0.15, 0.2) is 0 Å². The van der Waals surface area contributed by atoms with E-state index < -0.39 is 28.3 Å². The minimum Gasteiger partial charge on any atom is -0.426 e. The first-order valence-electron chi connectivity index (χ1n) is 8.97. The number of nitro groups is 1. The number of alkyl halides is 3. The summed E-state index contributed by atoms with van der Waals surface area (Å²) in [6, 6.07) is 17.7. The van der Waals surface area contributed by atoms with Gasteiger partial charge in [-0.05, 0) is 47.5 Å². The maximum absolute atomic E-state index is 12.8. The van der Waals surface area contributed by atoms with Gasteiger partial charge in [-0.3, -0.25) is 14.9 Å². The van der Waals surface area contributed by atoms with Crippen molar-refractivity contribution < 1.29 is 27.6 Å². The Morgan fingerprint density at radius 1 is 1.03 bits per heavy atom. The highest BCUT2D eigenvalue weighted by atomic mass is 32.2. The van der Waals surface area contributed by atoms with Crippen LogP contribution in [0.4, 0.5) is 18.9 Å². The summed E-state index contributed by atoms with van der Waals surface area (Å²) in [5.74, 6) is -0.797. The molecule has 0 fully saturated rings. The summed E-state index contributed by atoms with van der Waals surface area (Å²) in [6.45, 7) is 0. The van der Waals surface area contributed by atoms with E-state index in [9.17, 15) is 28.1 Å². The number of ether oxygens (including phenoxy) is 1. The lowest BCUT2D eigenvalue weighted by Crippen LogP contribution is -2.11. The third-order valence-electron chi connectivity index (χ3n) is 4.26. The number of rotatable bonds is 6. The van der Waals surface area contributed by atoms with Gasteiger partial charge in [-0.25, -0.2) is 0 Å². The molecule has 0 saturated carbocycles. The quantitative estimate of drug-likeness (QED) is 0.151. The molecule has 0 radical (unpaired) electrons. The Kier molecular flexibility index (Phi) is 6.80. The maximum Gasteiger partial charge on any atom is 0.416 e. The standard InChI is InChI=1S/C22H13F3N2O4S/c23-22(24,25)17-7-10-20(19(11-17)27(29)30)32-13-21(28)31-18-8-5-16(6-9-18)15-3-1-14(12-26)2-4-15/h1-11H,13H2. The average molecular weight is 458 g/mol. The van der Waals surface area contributed by atoms with Gasteiger partial charge in [0.2, 0.25) is 0 Å². The SMILES string of the molecule is N#Cc1ccc(-c2ccc(OC(=O)CSc3ccc(C(F)(F)F)cc3[N+](=O)[O-])cc2)cc1. The summed E-state index contributed by atoms with van der Waals surface area (Å²) in [5, 5.41) is 20.0. The van der Waals surface area contributed by atoms with Crippen LogP contribution in [0, 0.1) is 21.4 Å². The number of hydrogen-bond donors (Lipinski definition) is 0. The zero-order chi connectivity index (χ0) is 23.3. The molecular weight excluding hydrogens is 445 g/mol. The van der Waals surface area contributed by atoms with Crippen LogP contribution in [0.2, 0.25) is 0 Å². The van der Waals surface area contributed by atoms with E-state index >= 15 is 0 Å². The smallest absolute Gasteiger partial charge is 0.416 e. The van der Waals surface area contributed by atoms with Crippen molar-refractivity contribution >= 4 is 23.4 Å². The number of nitrogens with zero attached hydrogens (tertiary/aromatic N) is 2. The number of halogens is 3. The molecule has 0 aromatic heterocycles. The van der Waals surface area contributed by atoms with Crippen LogP contribution < -0.4 is 4.74 Å². The molecule has 0 aliphatic heterocycles. The van der Waals surface area contributed by atoms with Crippen LogP contribution in [0.3, 0.4) is 0 Å². The van der Waals surface area contributed by atoms with Gasteiger partial charge in [-0.1, -0.05) is 24.3 Å². The van der Waals surface area contributed by atoms with Gasteiger partial charge >= 0.3 is 12.1 Å². The number of nitro benzene ring substituents is 1. The Hall–Kier alpha value is -3.84. The van der Waals surface area contributed by atoms with Crippen LogP contribution in [0.1, 0.15) is 11.1 Å². The van der Waals surface area contributed by atoms with Crippen molar-refractivity contribution in [3.8, 4) is 22.9 Å². The van der Waals surface area contributed by atoms with Crippen LogP contribution in [0.25, 0.3) is 11.1 Å². The molecule has 0 unspecified atom stereocenters. The largest absolute Gasteiger partial charge is 0.426 e. The van der Waals surface area contributed by atoms with Gasteiger partial charge < -0.3 is 4.74 Å². The Morgan fingerprint density at radius 2 is 1.62 bits per heavy atom. The molecule has 6 nitrogen and oxygen atoms in total. The maximum atomic E-state index is 12.8. The number of nitriles is 1. The van der Waals surface area contributed by atoms with Crippen molar-refractivity contribution in [3.05, 3.63) is 88.0 Å². The molecule has 3 aromatic rings. The van der Waals surface area contributed by atoms with E-state index in [1.54, 1.807) is 48.5 Å². The third-order valence-corrected chi connectivity index (χ3v) is 5.30. The van der Waals surface area contributed by atoms with Crippen molar-refractivity contribution in [2.45, 2.75) is 11.1 Å². The number of hydrogen-bond acceptors (Lipinski definition) is 6. The third kappa shape index (κ3) is 5.65. The molecule has 162 valence electrons. The van der Waals surface area contributed by atoms with E-state index in [0.29, 0.717) is 23.4 Å². The summed E-state index contributed by atoms with van der Waals surface area (Å²) in [7, 11) is 0. The summed E-state index contributed by atoms with van der Waals surface area (Å²) >= 11 is 0.716. The Morgan fingerprint density at radius 3 is 2.16 bits per heavy atom. The predicted octanol–water partition coefficient (Wildman–Crippen LogP) is 5.85. The van der Waals surface area contributed by atoms with Crippen LogP contribution in [0.5, 0.6) is 5.75 Å². The van der Waals surface area contributed by atoms with Gasteiger partial charge in [0.05, 0.1) is 32.8 Å². The lowest BCUT2D eigenvalue weighted by atomic mass is 10.0. The molecule has 0 spiro atoms. The normalized spacial score (nSPS) is 10.9. The van der Waals surface area contributed by atoms with Gasteiger partial charge in [0.25, 0.3) is 5.69 Å². The number of carbonyl (C=O) groups is 1. The highest BCUT2D eigenvalue weighted by Gasteiger charge is 2.33. The molecule has 3 rings (SSSR count). The fourth-order valence-electron chi connectivity index (χ4n) is 2.71. The minimum atomic E-state index is -4.71.